The molecule has 0 radical (unpaired) electrons. The summed E-state index contributed by atoms with van der Waals surface area (Å²) >= 11 is 0. The molecule has 0 atom stereocenters. The Hall–Kier alpha value is -2.88. The summed E-state index contributed by atoms with van der Waals surface area (Å²) in [5.41, 5.74) is 0.419. The first-order valence-electron chi connectivity index (χ1n) is 10.3. The van der Waals surface area contributed by atoms with Crippen molar-refractivity contribution in [3.63, 3.8) is 0 Å². The lowest BCUT2D eigenvalue weighted by Gasteiger charge is -2.35. The van der Waals surface area contributed by atoms with Crippen molar-refractivity contribution in [2.45, 2.75) is 38.6 Å². The van der Waals surface area contributed by atoms with Gasteiger partial charge < -0.3 is 14.2 Å². The van der Waals surface area contributed by atoms with Gasteiger partial charge in [0.15, 0.2) is 11.6 Å². The molecule has 1 aromatic carbocycles. The molecule has 1 saturated heterocycles. The highest BCUT2D eigenvalue weighted by molar-refractivity contribution is 5.38. The zero-order valence-electron chi connectivity index (χ0n) is 17.6. The van der Waals surface area contributed by atoms with Crippen LogP contribution in [-0.2, 0) is 0 Å². The van der Waals surface area contributed by atoms with Gasteiger partial charge >= 0.3 is 6.01 Å². The molecule has 1 fully saturated rings. The number of anilines is 1. The van der Waals surface area contributed by atoms with Crippen LogP contribution < -0.4 is 9.64 Å². The molecule has 0 unspecified atom stereocenters. The molecule has 2 aromatic heterocycles. The minimum Gasteiger partial charge on any atom is -0.492 e. The van der Waals surface area contributed by atoms with Crippen LogP contribution in [0.1, 0.15) is 38.4 Å². The molecule has 0 saturated carbocycles. The topological polar surface area (TPSA) is 88.2 Å². The summed E-state index contributed by atoms with van der Waals surface area (Å²) in [5, 5.41) is 10.4. The summed E-state index contributed by atoms with van der Waals surface area (Å²) in [6.07, 6.45) is 3.55. The Kier molecular flexibility index (Phi) is 6.03. The second kappa shape index (κ2) is 8.86. The monoisotopic (exact) mass is 417 g/mol. The number of piperidine rings is 1. The van der Waals surface area contributed by atoms with Crippen molar-refractivity contribution >= 4 is 6.01 Å². The average molecular weight is 417 g/mol. The van der Waals surface area contributed by atoms with Gasteiger partial charge in [0.05, 0.1) is 0 Å². The quantitative estimate of drug-likeness (QED) is 0.603. The minimum absolute atomic E-state index is 0.261. The van der Waals surface area contributed by atoms with E-state index in [1.54, 1.807) is 12.1 Å². The Bertz CT molecular complexity index is 934. The van der Waals surface area contributed by atoms with Gasteiger partial charge in [-0.05, 0) is 32.0 Å². The summed E-state index contributed by atoms with van der Waals surface area (Å²) in [6, 6.07) is 5.92. The third-order valence-corrected chi connectivity index (χ3v) is 5.54. The van der Waals surface area contributed by atoms with Crippen LogP contribution in [0, 0.1) is 5.82 Å². The number of H-pyrrole nitrogens is 1. The highest BCUT2D eigenvalue weighted by atomic mass is 19.1. The molecule has 162 valence electrons. The van der Waals surface area contributed by atoms with E-state index in [1.165, 1.54) is 17.1 Å². The Morgan fingerprint density at radius 3 is 2.70 bits per heavy atom. The maximum atomic E-state index is 14.2. The number of ether oxygens (including phenoxy) is 1. The fourth-order valence-electron chi connectivity index (χ4n) is 3.58. The number of hydrogen-bond acceptors (Lipinski definition) is 7. The first-order valence-corrected chi connectivity index (χ1v) is 10.3. The van der Waals surface area contributed by atoms with E-state index in [-0.39, 0.29) is 11.7 Å². The molecule has 0 spiro atoms. The Morgan fingerprint density at radius 2 is 2.10 bits per heavy atom. The number of likely N-dealkylation sites (N-methyl/N-ethyl adjacent to an activating group) is 1. The molecule has 9 nitrogen and oxygen atoms in total. The normalized spacial score (nSPS) is 15.5. The van der Waals surface area contributed by atoms with Gasteiger partial charge in [-0.3, -0.25) is 4.90 Å². The van der Waals surface area contributed by atoms with Crippen molar-refractivity contribution < 1.29 is 13.7 Å². The number of rotatable bonds is 8. The number of halogens is 1. The molecule has 4 rings (SSSR count). The number of nitrogens with zero attached hydrogens (tertiary/aromatic N) is 6. The summed E-state index contributed by atoms with van der Waals surface area (Å²) < 4.78 is 26.8. The summed E-state index contributed by atoms with van der Waals surface area (Å²) in [6.45, 7) is 7.15. The van der Waals surface area contributed by atoms with Crippen molar-refractivity contribution in [2.75, 3.05) is 38.2 Å². The highest BCUT2D eigenvalue weighted by Crippen LogP contribution is 2.23. The molecule has 1 N–H and O–H groups in total. The van der Waals surface area contributed by atoms with E-state index < -0.39 is 0 Å². The van der Waals surface area contributed by atoms with Gasteiger partial charge in [-0.15, -0.1) is 5.10 Å². The summed E-state index contributed by atoms with van der Waals surface area (Å²) in [7, 11) is 2.10. The van der Waals surface area contributed by atoms with E-state index in [1.807, 2.05) is 0 Å². The van der Waals surface area contributed by atoms with Crippen LogP contribution in [-0.4, -0.2) is 69.4 Å². The highest BCUT2D eigenvalue weighted by Gasteiger charge is 2.25. The lowest BCUT2D eigenvalue weighted by atomic mass is 10.0. The average Bonchev–Trinajstić information content (AvgIpc) is 3.19. The van der Waals surface area contributed by atoms with Crippen LogP contribution in [0.2, 0.25) is 0 Å². The predicted octanol–water partition coefficient (Wildman–Crippen LogP) is 2.83. The fourth-order valence-corrected chi connectivity index (χ4v) is 3.58. The maximum absolute atomic E-state index is 14.2. The molecule has 0 aliphatic carbocycles. The molecule has 1 aliphatic heterocycles. The van der Waals surface area contributed by atoms with Crippen LogP contribution in [0.15, 0.2) is 29.0 Å². The summed E-state index contributed by atoms with van der Waals surface area (Å²) in [5.74, 6) is 1.18. The number of hydrogen-bond donors (Lipinski definition) is 1. The standard InChI is InChI=1S/C20H28FN7O2/c1-14(2)19-23-20(30-24-19)27-8-6-15(7-9-27)26(3)10-11-29-16-4-5-18(17(21)12-16)28-13-22-25-28/h4-5,12-15,25H,6-11H2,1-3H3. The molecule has 0 amide bonds. The van der Waals surface area contributed by atoms with Crippen LogP contribution >= 0.6 is 0 Å². The van der Waals surface area contributed by atoms with Crippen molar-refractivity contribution in [1.29, 1.82) is 0 Å². The van der Waals surface area contributed by atoms with E-state index in [0.717, 1.165) is 38.3 Å². The van der Waals surface area contributed by atoms with Crippen LogP contribution in [0.5, 0.6) is 5.75 Å². The Labute approximate surface area is 174 Å². The van der Waals surface area contributed by atoms with Crippen molar-refractivity contribution in [3.8, 4) is 11.4 Å². The lowest BCUT2D eigenvalue weighted by Crippen LogP contribution is -2.44. The van der Waals surface area contributed by atoms with Gasteiger partial charge in [-0.1, -0.05) is 19.0 Å². The number of aromatic amines is 1. The van der Waals surface area contributed by atoms with E-state index in [4.69, 9.17) is 9.26 Å². The molecule has 10 heteroatoms. The Balaban J connectivity index is 1.21. The first kappa shape index (κ1) is 20.4. The third-order valence-electron chi connectivity index (χ3n) is 5.54. The summed E-state index contributed by atoms with van der Waals surface area (Å²) in [4.78, 5) is 8.95. The van der Waals surface area contributed by atoms with Gasteiger partial charge in [-0.2, -0.15) is 4.98 Å². The Morgan fingerprint density at radius 1 is 1.33 bits per heavy atom. The van der Waals surface area contributed by atoms with Crippen molar-refractivity contribution in [1.82, 2.24) is 30.0 Å². The van der Waals surface area contributed by atoms with Gasteiger partial charge in [0.1, 0.15) is 24.4 Å². The van der Waals surface area contributed by atoms with E-state index in [9.17, 15) is 4.39 Å². The molecule has 1 aliphatic rings. The molecule has 3 heterocycles. The molecule has 0 bridgehead atoms. The lowest BCUT2D eigenvalue weighted by molar-refractivity contribution is 0.169. The largest absolute Gasteiger partial charge is 0.492 e. The molecular weight excluding hydrogens is 389 g/mol. The van der Waals surface area contributed by atoms with Gasteiger partial charge in [0.25, 0.3) is 0 Å². The van der Waals surface area contributed by atoms with Gasteiger partial charge in [0, 0.05) is 37.7 Å². The molecule has 30 heavy (non-hydrogen) atoms. The van der Waals surface area contributed by atoms with Gasteiger partial charge in [0.2, 0.25) is 0 Å². The number of aromatic nitrogens is 5. The first-order chi connectivity index (χ1) is 14.5. The van der Waals surface area contributed by atoms with Crippen molar-refractivity contribution in [3.05, 3.63) is 36.2 Å². The molecule has 3 aromatic rings. The maximum Gasteiger partial charge on any atom is 0.324 e. The van der Waals surface area contributed by atoms with Crippen molar-refractivity contribution in [2.24, 2.45) is 0 Å². The van der Waals surface area contributed by atoms with E-state index in [0.29, 0.717) is 30.1 Å². The van der Waals surface area contributed by atoms with Crippen LogP contribution in [0.3, 0.4) is 0 Å². The fraction of sp³-hybridized carbons (Fsp3) is 0.550. The second-order valence-electron chi connectivity index (χ2n) is 7.96. The molecular formula is C20H28FN7O2. The van der Waals surface area contributed by atoms with Gasteiger partial charge in [-0.25, -0.2) is 14.3 Å². The van der Waals surface area contributed by atoms with Crippen LogP contribution in [0.4, 0.5) is 10.4 Å². The number of benzene rings is 1. The van der Waals surface area contributed by atoms with E-state index >= 15 is 0 Å². The third kappa shape index (κ3) is 4.48. The zero-order valence-corrected chi connectivity index (χ0v) is 17.6. The van der Waals surface area contributed by atoms with Crippen LogP contribution in [0.25, 0.3) is 5.69 Å². The smallest absolute Gasteiger partial charge is 0.324 e. The van der Waals surface area contributed by atoms with E-state index in [2.05, 4.69) is 51.1 Å². The zero-order chi connectivity index (χ0) is 21.1. The minimum atomic E-state index is -0.353. The number of nitrogens with one attached hydrogen (secondary N) is 1. The SMILES string of the molecule is CC(C)c1noc(N2CCC(N(C)CCOc3ccc(-n4cn[nH]4)c(F)c3)CC2)n1. The second-order valence-corrected chi connectivity index (χ2v) is 7.96. The predicted molar refractivity (Wildman–Crippen MR) is 110 cm³/mol.